The maximum atomic E-state index is 13.7. The maximum absolute atomic E-state index is 13.7. The summed E-state index contributed by atoms with van der Waals surface area (Å²) in [5.41, 5.74) is 2.58. The molecule has 0 N–H and O–H groups in total. The van der Waals surface area contributed by atoms with Gasteiger partial charge in [-0.2, -0.15) is 0 Å². The van der Waals surface area contributed by atoms with Gasteiger partial charge in [-0.1, -0.05) is 70.2 Å². The number of thioether (sulfide) groups is 1. The summed E-state index contributed by atoms with van der Waals surface area (Å²) < 4.78 is 24.4. The highest BCUT2D eigenvalue weighted by molar-refractivity contribution is 9.10. The van der Waals surface area contributed by atoms with Gasteiger partial charge in [0.25, 0.3) is 0 Å². The van der Waals surface area contributed by atoms with E-state index in [4.69, 9.17) is 27.6 Å². The molecule has 0 saturated carbocycles. The summed E-state index contributed by atoms with van der Waals surface area (Å²) in [5.74, 6) is 1.59. The van der Waals surface area contributed by atoms with Crippen LogP contribution in [0.2, 0.25) is 0 Å². The van der Waals surface area contributed by atoms with Crippen LogP contribution in [-0.4, -0.2) is 53.4 Å². The second-order valence-electron chi connectivity index (χ2n) is 11.3. The van der Waals surface area contributed by atoms with E-state index in [0.717, 1.165) is 16.2 Å². The van der Waals surface area contributed by atoms with Crippen molar-refractivity contribution >= 4 is 50.2 Å². The number of hydrogen-bond donors (Lipinski definition) is 1. The fourth-order valence-electron chi connectivity index (χ4n) is 5.27. The number of halogens is 1. The Kier molecular flexibility index (Phi) is 9.92. The lowest BCUT2D eigenvalue weighted by Gasteiger charge is -2.18. The Morgan fingerprint density at radius 3 is 1.83 bits per heavy atom. The molecule has 0 aliphatic carbocycles. The first-order valence-corrected chi connectivity index (χ1v) is 19.3. The predicted octanol–water partition coefficient (Wildman–Crippen LogP) is 9.14. The van der Waals surface area contributed by atoms with Crippen molar-refractivity contribution in [3.8, 4) is 45.8 Å². The molecule has 0 aliphatic heterocycles. The number of Topliss-reactive ketones (excluding diaryl/α,β-unsaturated/α-hetero) is 2. The second kappa shape index (κ2) is 15.4. The molecule has 0 radical (unpaired) electrons. The van der Waals surface area contributed by atoms with Gasteiger partial charge in [0.15, 0.2) is 51.2 Å². The normalized spacial score (nSPS) is 12.1. The Labute approximate surface area is 316 Å². The van der Waals surface area contributed by atoms with Crippen molar-refractivity contribution in [1.29, 1.82) is 0 Å². The van der Waals surface area contributed by atoms with E-state index in [1.807, 2.05) is 30.3 Å². The van der Waals surface area contributed by atoms with Gasteiger partial charge in [0, 0.05) is 15.6 Å². The first kappa shape index (κ1) is 34.2. The van der Waals surface area contributed by atoms with Crippen LogP contribution in [0.5, 0.6) is 0 Å². The number of aromatic nitrogens is 6. The third kappa shape index (κ3) is 7.53. The van der Waals surface area contributed by atoms with Crippen LogP contribution in [0.3, 0.4) is 0 Å². The molecule has 2 aromatic carbocycles. The molecular weight excluding hydrogens is 780 g/mol. The fraction of sp³-hybridized carbons (Fsp3) is 0.0526. The quantitative estimate of drug-likeness (QED) is 0.0667. The molecule has 262 valence electrons. The van der Waals surface area contributed by atoms with Gasteiger partial charge in [0.05, 0.1) is 30.3 Å². The van der Waals surface area contributed by atoms with Crippen molar-refractivity contribution in [2.75, 3.05) is 11.5 Å². The van der Waals surface area contributed by atoms with Crippen LogP contribution in [0.25, 0.3) is 45.8 Å². The standard InChI is InChI=1S/C38H25BrN6O6S2/c39-25-14-12-24(13-15-25)26(46)21-52-37-40-34(36(42-44-37)30-11-6-20-50-30)31-16-17-32(51-31)53(22-27(47)23-7-2-1-3-8-23)38-41-33(28-9-4-18-48-28)35(43-45-38)29-10-5-19-49-29/h1-20,53H,21-22H2. The molecule has 6 heterocycles. The highest BCUT2D eigenvalue weighted by atomic mass is 79.9. The van der Waals surface area contributed by atoms with Crippen LogP contribution in [-0.2, 0) is 0 Å². The van der Waals surface area contributed by atoms with Crippen molar-refractivity contribution in [2.24, 2.45) is 0 Å². The van der Waals surface area contributed by atoms with Gasteiger partial charge in [-0.3, -0.25) is 9.59 Å². The number of benzene rings is 2. The van der Waals surface area contributed by atoms with E-state index < -0.39 is 10.9 Å². The Morgan fingerprint density at radius 2 is 1.19 bits per heavy atom. The number of carbonyl (C=O) groups is 2. The maximum Gasteiger partial charge on any atom is 0.210 e. The van der Waals surface area contributed by atoms with Crippen LogP contribution in [0.4, 0.5) is 0 Å². The van der Waals surface area contributed by atoms with Crippen LogP contribution in [0.15, 0.2) is 159 Å². The minimum absolute atomic E-state index is 0.0258. The minimum atomic E-state index is -1.66. The topological polar surface area (TPSA) is 164 Å². The van der Waals surface area contributed by atoms with Crippen molar-refractivity contribution in [3.63, 3.8) is 0 Å². The summed E-state index contributed by atoms with van der Waals surface area (Å²) in [7, 11) is -1.66. The molecule has 0 fully saturated rings. The smallest absolute Gasteiger partial charge is 0.210 e. The summed E-state index contributed by atoms with van der Waals surface area (Å²) in [6, 6.07) is 30.1. The van der Waals surface area contributed by atoms with Crippen LogP contribution in [0, 0.1) is 0 Å². The number of ketones is 2. The van der Waals surface area contributed by atoms with Gasteiger partial charge >= 0.3 is 0 Å². The number of furan rings is 4. The average Bonchev–Trinajstić information content (AvgIpc) is 4.05. The number of carbonyl (C=O) groups excluding carboxylic acids is 2. The molecule has 15 heteroatoms. The Balaban J connectivity index is 1.17. The molecule has 8 rings (SSSR count). The third-order valence-electron chi connectivity index (χ3n) is 7.84. The average molecular weight is 806 g/mol. The molecule has 0 amide bonds. The van der Waals surface area contributed by atoms with E-state index in [0.29, 0.717) is 67.2 Å². The summed E-state index contributed by atoms with van der Waals surface area (Å²) in [6.07, 6.45) is 4.60. The SMILES string of the molecule is O=C(CSc1nnc(-c2ccco2)c(-c2ccc([SH](CC(=O)c3ccccc3)c3nnc(-c4ccco4)c(-c4ccco4)n3)o2)n1)c1ccc(Br)cc1. The Morgan fingerprint density at radius 1 is 0.585 bits per heavy atom. The molecule has 0 spiro atoms. The van der Waals surface area contributed by atoms with E-state index in [1.54, 1.807) is 79.1 Å². The van der Waals surface area contributed by atoms with Crippen molar-refractivity contribution in [2.45, 2.75) is 15.4 Å². The Hall–Kier alpha value is -5.90. The number of thiol groups is 1. The molecule has 6 aromatic heterocycles. The van der Waals surface area contributed by atoms with Gasteiger partial charge in [0.2, 0.25) is 5.16 Å². The first-order valence-electron chi connectivity index (χ1n) is 16.0. The summed E-state index contributed by atoms with van der Waals surface area (Å²) in [4.78, 5) is 36.4. The number of nitrogens with zero attached hydrogens (tertiary/aromatic N) is 6. The lowest BCUT2D eigenvalue weighted by Crippen LogP contribution is -2.10. The highest BCUT2D eigenvalue weighted by Gasteiger charge is 2.27. The van der Waals surface area contributed by atoms with Gasteiger partial charge in [-0.25, -0.2) is 9.97 Å². The minimum Gasteiger partial charge on any atom is -0.463 e. The van der Waals surface area contributed by atoms with Crippen molar-refractivity contribution in [1.82, 2.24) is 30.4 Å². The zero-order chi connectivity index (χ0) is 36.1. The molecule has 0 aliphatic rings. The molecule has 0 saturated heterocycles. The van der Waals surface area contributed by atoms with Gasteiger partial charge < -0.3 is 17.7 Å². The van der Waals surface area contributed by atoms with E-state index >= 15 is 0 Å². The summed E-state index contributed by atoms with van der Waals surface area (Å²) in [6.45, 7) is 0. The zero-order valence-corrected chi connectivity index (χ0v) is 30.6. The molecule has 12 nitrogen and oxygen atoms in total. The van der Waals surface area contributed by atoms with Crippen molar-refractivity contribution < 1.29 is 27.3 Å². The molecule has 1 atom stereocenters. The largest absolute Gasteiger partial charge is 0.463 e. The molecule has 8 aromatic rings. The molecule has 0 bridgehead atoms. The lowest BCUT2D eigenvalue weighted by atomic mass is 10.2. The van der Waals surface area contributed by atoms with Crippen LogP contribution in [0.1, 0.15) is 20.7 Å². The van der Waals surface area contributed by atoms with E-state index in [9.17, 15) is 9.59 Å². The number of rotatable bonds is 13. The van der Waals surface area contributed by atoms with Gasteiger partial charge in [-0.05, 0) is 60.7 Å². The molecule has 53 heavy (non-hydrogen) atoms. The van der Waals surface area contributed by atoms with Crippen LogP contribution < -0.4 is 0 Å². The Bertz CT molecular complexity index is 2490. The van der Waals surface area contributed by atoms with Crippen molar-refractivity contribution in [3.05, 3.63) is 138 Å². The lowest BCUT2D eigenvalue weighted by molar-refractivity contribution is 0.101. The number of hydrogen-bond acceptors (Lipinski definition) is 13. The summed E-state index contributed by atoms with van der Waals surface area (Å²) >= 11 is 4.55. The van der Waals surface area contributed by atoms with Gasteiger partial charge in [-0.15, -0.1) is 31.3 Å². The second-order valence-corrected chi connectivity index (χ2v) is 15.1. The summed E-state index contributed by atoms with van der Waals surface area (Å²) in [5, 5.41) is 18.7. The predicted molar refractivity (Wildman–Crippen MR) is 201 cm³/mol. The first-order chi connectivity index (χ1) is 26.0. The van der Waals surface area contributed by atoms with Crippen LogP contribution >= 0.6 is 38.6 Å². The van der Waals surface area contributed by atoms with E-state index in [-0.39, 0.29) is 28.2 Å². The third-order valence-corrected chi connectivity index (χ3v) is 11.2. The van der Waals surface area contributed by atoms with E-state index in [2.05, 4.69) is 36.3 Å². The zero-order valence-electron chi connectivity index (χ0n) is 27.3. The molecular formula is C38H25BrN6O6S2. The fourth-order valence-corrected chi connectivity index (χ4v) is 8.02. The highest BCUT2D eigenvalue weighted by Crippen LogP contribution is 2.46. The monoisotopic (exact) mass is 804 g/mol. The van der Waals surface area contributed by atoms with E-state index in [1.165, 1.54) is 12.5 Å². The molecule has 1 unspecified atom stereocenters. The van der Waals surface area contributed by atoms with Gasteiger partial charge in [0.1, 0.15) is 16.5 Å².